The van der Waals surface area contributed by atoms with E-state index >= 15 is 0 Å². The summed E-state index contributed by atoms with van der Waals surface area (Å²) in [5, 5.41) is 0. The van der Waals surface area contributed by atoms with Crippen LogP contribution < -0.4 is 0 Å². The third-order valence-corrected chi connectivity index (χ3v) is 2.08. The number of hydrogen-bond donors (Lipinski definition) is 0. The first kappa shape index (κ1) is 5.14. The van der Waals surface area contributed by atoms with Gasteiger partial charge in [-0.25, -0.2) is 0 Å². The van der Waals surface area contributed by atoms with Crippen molar-refractivity contribution in [2.75, 3.05) is 0 Å². The van der Waals surface area contributed by atoms with Crippen molar-refractivity contribution in [3.05, 3.63) is 5.92 Å². The minimum absolute atomic E-state index is 1.000. The van der Waals surface area contributed by atoms with E-state index in [1.165, 1.54) is 19.3 Å². The second kappa shape index (κ2) is 1.85. The standard InChI is InChI=1S/C7H13/c1-3-7-5-4-6(7)2/h7H,3-5H2,1-2H3. The molecule has 0 bridgehead atoms. The highest BCUT2D eigenvalue weighted by molar-refractivity contribution is 5.00. The topological polar surface area (TPSA) is 0 Å². The van der Waals surface area contributed by atoms with E-state index in [0.29, 0.717) is 0 Å². The Morgan fingerprint density at radius 3 is 2.43 bits per heavy atom. The van der Waals surface area contributed by atoms with Gasteiger partial charge in [0, 0.05) is 0 Å². The summed E-state index contributed by atoms with van der Waals surface area (Å²) in [7, 11) is 0. The van der Waals surface area contributed by atoms with E-state index in [4.69, 9.17) is 0 Å². The number of rotatable bonds is 1. The van der Waals surface area contributed by atoms with E-state index in [0.717, 1.165) is 5.92 Å². The monoisotopic (exact) mass is 97.1 g/mol. The maximum absolute atomic E-state index is 2.28. The van der Waals surface area contributed by atoms with Crippen LogP contribution in [0.15, 0.2) is 0 Å². The van der Waals surface area contributed by atoms with E-state index in [1.807, 2.05) is 0 Å². The fourth-order valence-corrected chi connectivity index (χ4v) is 1.19. The smallest absolute Gasteiger partial charge is 0.0241 e. The Labute approximate surface area is 45.9 Å². The van der Waals surface area contributed by atoms with Crippen LogP contribution in [0.1, 0.15) is 33.1 Å². The van der Waals surface area contributed by atoms with Crippen molar-refractivity contribution in [2.24, 2.45) is 5.92 Å². The Morgan fingerprint density at radius 2 is 2.43 bits per heavy atom. The van der Waals surface area contributed by atoms with Crippen LogP contribution in [0.4, 0.5) is 0 Å². The molecular formula is C7H13. The molecule has 0 saturated heterocycles. The van der Waals surface area contributed by atoms with Crippen molar-refractivity contribution in [3.63, 3.8) is 0 Å². The third kappa shape index (κ3) is 0.793. The zero-order chi connectivity index (χ0) is 5.28. The molecule has 1 aliphatic carbocycles. The molecule has 0 aliphatic heterocycles. The summed E-state index contributed by atoms with van der Waals surface area (Å²) in [5.41, 5.74) is 0. The molecule has 0 aromatic carbocycles. The molecule has 0 amide bonds. The van der Waals surface area contributed by atoms with Crippen LogP contribution in [0.2, 0.25) is 0 Å². The van der Waals surface area contributed by atoms with E-state index < -0.39 is 0 Å². The van der Waals surface area contributed by atoms with Gasteiger partial charge in [-0.3, -0.25) is 0 Å². The molecule has 0 aromatic rings. The second-order valence-corrected chi connectivity index (χ2v) is 2.49. The lowest BCUT2D eigenvalue weighted by molar-refractivity contribution is 0.355. The van der Waals surface area contributed by atoms with Crippen molar-refractivity contribution in [2.45, 2.75) is 33.1 Å². The van der Waals surface area contributed by atoms with Gasteiger partial charge in [-0.1, -0.05) is 20.3 Å². The van der Waals surface area contributed by atoms with Crippen LogP contribution in [0, 0.1) is 11.8 Å². The minimum Gasteiger partial charge on any atom is -0.0651 e. The van der Waals surface area contributed by atoms with Crippen molar-refractivity contribution in [3.8, 4) is 0 Å². The molecule has 0 heterocycles. The molecule has 1 atom stereocenters. The zero-order valence-corrected chi connectivity index (χ0v) is 5.20. The molecule has 0 heteroatoms. The Bertz CT molecular complexity index is 55.1. The van der Waals surface area contributed by atoms with Gasteiger partial charge in [-0.05, 0) is 24.7 Å². The van der Waals surface area contributed by atoms with Gasteiger partial charge in [0.15, 0.2) is 0 Å². The van der Waals surface area contributed by atoms with Gasteiger partial charge in [0.1, 0.15) is 0 Å². The van der Waals surface area contributed by atoms with Crippen LogP contribution in [0.25, 0.3) is 0 Å². The molecule has 1 aliphatic rings. The fraction of sp³-hybridized carbons (Fsp3) is 0.857. The average molecular weight is 97.2 g/mol. The van der Waals surface area contributed by atoms with Gasteiger partial charge in [0.2, 0.25) is 0 Å². The Hall–Kier alpha value is 0. The zero-order valence-electron chi connectivity index (χ0n) is 5.20. The van der Waals surface area contributed by atoms with Crippen LogP contribution in [-0.2, 0) is 0 Å². The molecule has 1 rings (SSSR count). The molecule has 1 unspecified atom stereocenters. The summed E-state index contributed by atoms with van der Waals surface area (Å²) < 4.78 is 0. The first-order chi connectivity index (χ1) is 3.34. The van der Waals surface area contributed by atoms with Crippen molar-refractivity contribution < 1.29 is 0 Å². The summed E-state index contributed by atoms with van der Waals surface area (Å²) in [6.45, 7) is 4.55. The molecule has 0 aromatic heterocycles. The van der Waals surface area contributed by atoms with Gasteiger partial charge in [-0.15, -0.1) is 0 Å². The maximum Gasteiger partial charge on any atom is -0.0241 e. The highest BCUT2D eigenvalue weighted by atomic mass is 14.3. The predicted octanol–water partition coefficient (Wildman–Crippen LogP) is 2.40. The van der Waals surface area contributed by atoms with E-state index in [9.17, 15) is 0 Å². The first-order valence-corrected chi connectivity index (χ1v) is 3.17. The van der Waals surface area contributed by atoms with E-state index in [1.54, 1.807) is 5.92 Å². The van der Waals surface area contributed by atoms with Crippen molar-refractivity contribution in [1.29, 1.82) is 0 Å². The van der Waals surface area contributed by atoms with Crippen LogP contribution in [0.5, 0.6) is 0 Å². The van der Waals surface area contributed by atoms with Gasteiger partial charge < -0.3 is 0 Å². The summed E-state index contributed by atoms with van der Waals surface area (Å²) in [4.78, 5) is 0. The molecule has 0 N–H and O–H groups in total. The molecule has 41 valence electrons. The molecule has 1 fully saturated rings. The van der Waals surface area contributed by atoms with Crippen LogP contribution >= 0.6 is 0 Å². The molecule has 1 radical (unpaired) electrons. The highest BCUT2D eigenvalue weighted by Gasteiger charge is 2.24. The SMILES string of the molecule is CCC1CC[C]1C. The van der Waals surface area contributed by atoms with E-state index in [2.05, 4.69) is 13.8 Å². The van der Waals surface area contributed by atoms with Gasteiger partial charge in [-0.2, -0.15) is 0 Å². The maximum atomic E-state index is 2.28. The van der Waals surface area contributed by atoms with Crippen molar-refractivity contribution in [1.82, 2.24) is 0 Å². The molecule has 0 spiro atoms. The minimum atomic E-state index is 1.000. The van der Waals surface area contributed by atoms with Crippen LogP contribution in [-0.4, -0.2) is 0 Å². The lowest BCUT2D eigenvalue weighted by Gasteiger charge is -2.31. The van der Waals surface area contributed by atoms with Crippen molar-refractivity contribution >= 4 is 0 Å². The Morgan fingerprint density at radius 1 is 1.71 bits per heavy atom. The first-order valence-electron chi connectivity index (χ1n) is 3.17. The predicted molar refractivity (Wildman–Crippen MR) is 31.9 cm³/mol. The quantitative estimate of drug-likeness (QED) is 0.471. The summed E-state index contributed by atoms with van der Waals surface area (Å²) >= 11 is 0. The normalized spacial score (nSPS) is 32.6. The van der Waals surface area contributed by atoms with Gasteiger partial charge in [0.25, 0.3) is 0 Å². The van der Waals surface area contributed by atoms with Gasteiger partial charge in [0.05, 0.1) is 0 Å². The summed E-state index contributed by atoms with van der Waals surface area (Å²) in [5.74, 6) is 2.72. The number of hydrogen-bond acceptors (Lipinski definition) is 0. The largest absolute Gasteiger partial charge is 0.0651 e. The summed E-state index contributed by atoms with van der Waals surface area (Å²) in [6.07, 6.45) is 4.23. The lowest BCUT2D eigenvalue weighted by atomic mass is 9.74. The lowest BCUT2D eigenvalue weighted by Crippen LogP contribution is -2.19. The molecule has 0 nitrogen and oxygen atoms in total. The molecule has 1 saturated carbocycles. The Balaban J connectivity index is 2.16. The highest BCUT2D eigenvalue weighted by Crippen LogP contribution is 2.37. The van der Waals surface area contributed by atoms with E-state index in [-0.39, 0.29) is 0 Å². The second-order valence-electron chi connectivity index (χ2n) is 2.49. The van der Waals surface area contributed by atoms with Crippen LogP contribution in [0.3, 0.4) is 0 Å². The third-order valence-electron chi connectivity index (χ3n) is 2.08. The van der Waals surface area contributed by atoms with Gasteiger partial charge >= 0.3 is 0 Å². The fourth-order valence-electron chi connectivity index (χ4n) is 1.19. The molecule has 7 heavy (non-hydrogen) atoms. The average Bonchev–Trinajstić information content (AvgIpc) is 1.65. The Kier molecular flexibility index (Phi) is 1.36. The molecular weight excluding hydrogens is 84.1 g/mol. The summed E-state index contributed by atoms with van der Waals surface area (Å²) in [6, 6.07) is 0.